The number of non-ortho nitro benzene ring substituents is 1. The molecular formula is C18H17N3O4. The Morgan fingerprint density at radius 3 is 2.56 bits per heavy atom. The van der Waals surface area contributed by atoms with E-state index in [1.165, 1.54) is 12.1 Å². The highest BCUT2D eigenvalue weighted by Gasteiger charge is 2.13. The topological polar surface area (TPSA) is 90.4 Å². The number of aliphatic hydroxyl groups is 1. The number of imidazole rings is 1. The second kappa shape index (κ2) is 7.59. The summed E-state index contributed by atoms with van der Waals surface area (Å²) in [6.45, 7) is 0.459. The molecule has 1 heterocycles. The van der Waals surface area contributed by atoms with Crippen molar-refractivity contribution in [3.8, 4) is 17.1 Å². The number of nitro groups is 1. The van der Waals surface area contributed by atoms with Gasteiger partial charge in [0.1, 0.15) is 24.3 Å². The Labute approximate surface area is 144 Å². The monoisotopic (exact) mass is 339 g/mol. The predicted molar refractivity (Wildman–Crippen MR) is 92.3 cm³/mol. The van der Waals surface area contributed by atoms with Crippen LogP contribution in [0.4, 0.5) is 5.69 Å². The van der Waals surface area contributed by atoms with Gasteiger partial charge in [-0.25, -0.2) is 4.98 Å². The molecule has 0 aliphatic carbocycles. The Kier molecular flexibility index (Phi) is 5.06. The normalized spacial score (nSPS) is 11.9. The molecular weight excluding hydrogens is 322 g/mol. The minimum Gasteiger partial charge on any atom is -0.491 e. The van der Waals surface area contributed by atoms with Crippen LogP contribution in [0.1, 0.15) is 0 Å². The second-order valence-electron chi connectivity index (χ2n) is 5.49. The van der Waals surface area contributed by atoms with E-state index in [2.05, 4.69) is 4.98 Å². The van der Waals surface area contributed by atoms with Gasteiger partial charge in [-0.2, -0.15) is 0 Å². The molecule has 1 unspecified atom stereocenters. The molecule has 7 heteroatoms. The third-order valence-electron chi connectivity index (χ3n) is 3.64. The summed E-state index contributed by atoms with van der Waals surface area (Å²) in [6.07, 6.45) is 2.66. The lowest BCUT2D eigenvalue weighted by Crippen LogP contribution is -2.23. The van der Waals surface area contributed by atoms with Gasteiger partial charge in [0, 0.05) is 30.1 Å². The molecule has 0 radical (unpaired) electrons. The van der Waals surface area contributed by atoms with Crippen LogP contribution in [-0.2, 0) is 6.54 Å². The summed E-state index contributed by atoms with van der Waals surface area (Å²) in [5.41, 5.74) is 0.768. The molecule has 1 N–H and O–H groups in total. The first-order chi connectivity index (χ1) is 12.1. The van der Waals surface area contributed by atoms with Crippen LogP contribution in [-0.4, -0.2) is 32.3 Å². The Bertz CT molecular complexity index is 831. The van der Waals surface area contributed by atoms with Crippen LogP contribution in [0.25, 0.3) is 11.4 Å². The first-order valence-corrected chi connectivity index (χ1v) is 7.75. The van der Waals surface area contributed by atoms with E-state index in [1.54, 1.807) is 29.1 Å². The lowest BCUT2D eigenvalue weighted by molar-refractivity contribution is -0.384. The van der Waals surface area contributed by atoms with Gasteiger partial charge in [-0.3, -0.25) is 10.1 Å². The van der Waals surface area contributed by atoms with Crippen LogP contribution in [0.5, 0.6) is 5.75 Å². The predicted octanol–water partition coefficient (Wildman–Crippen LogP) is 2.90. The summed E-state index contributed by atoms with van der Waals surface area (Å²) >= 11 is 0. The number of nitrogens with zero attached hydrogens (tertiary/aromatic N) is 3. The van der Waals surface area contributed by atoms with Crippen LogP contribution in [0, 0.1) is 10.1 Å². The average Bonchev–Trinajstić information content (AvgIpc) is 3.09. The van der Waals surface area contributed by atoms with Gasteiger partial charge >= 0.3 is 0 Å². The number of benzene rings is 2. The SMILES string of the molecule is O=[N+]([O-])c1ccc(-c2nccn2CC(O)COc2ccccc2)cc1. The standard InChI is InChI=1S/C18H17N3O4/c22-16(13-25-17-4-2-1-3-5-17)12-20-11-10-19-18(20)14-6-8-15(9-7-14)21(23)24/h1-11,16,22H,12-13H2. The minimum absolute atomic E-state index is 0.0261. The lowest BCUT2D eigenvalue weighted by atomic mass is 10.2. The number of aromatic nitrogens is 2. The number of hydrogen-bond acceptors (Lipinski definition) is 5. The van der Waals surface area contributed by atoms with Crippen molar-refractivity contribution in [1.29, 1.82) is 0 Å². The van der Waals surface area contributed by atoms with Crippen LogP contribution in [0.15, 0.2) is 67.0 Å². The Hall–Kier alpha value is -3.19. The molecule has 0 fully saturated rings. The van der Waals surface area contributed by atoms with E-state index in [9.17, 15) is 15.2 Å². The maximum absolute atomic E-state index is 10.7. The summed E-state index contributed by atoms with van der Waals surface area (Å²) in [5.74, 6) is 1.33. The first kappa shape index (κ1) is 16.7. The zero-order chi connectivity index (χ0) is 17.6. The van der Waals surface area contributed by atoms with Crippen molar-refractivity contribution in [2.75, 3.05) is 6.61 Å². The quantitative estimate of drug-likeness (QED) is 0.528. The summed E-state index contributed by atoms with van der Waals surface area (Å²) < 4.78 is 7.34. The van der Waals surface area contributed by atoms with E-state index in [0.29, 0.717) is 18.1 Å². The largest absolute Gasteiger partial charge is 0.491 e. The summed E-state index contributed by atoms with van der Waals surface area (Å²) in [7, 11) is 0. The Balaban J connectivity index is 1.66. The van der Waals surface area contributed by atoms with Gasteiger partial charge in [0.25, 0.3) is 5.69 Å². The van der Waals surface area contributed by atoms with Crippen molar-refractivity contribution >= 4 is 5.69 Å². The van der Waals surface area contributed by atoms with Crippen molar-refractivity contribution < 1.29 is 14.8 Å². The van der Waals surface area contributed by atoms with Gasteiger partial charge in [-0.05, 0) is 24.3 Å². The molecule has 0 amide bonds. The third-order valence-corrected chi connectivity index (χ3v) is 3.64. The summed E-state index contributed by atoms with van der Waals surface area (Å²) in [4.78, 5) is 14.6. The number of para-hydroxylation sites is 1. The zero-order valence-electron chi connectivity index (χ0n) is 13.4. The van der Waals surface area contributed by atoms with Crippen LogP contribution in [0.2, 0.25) is 0 Å². The number of nitro benzene ring substituents is 1. The number of ether oxygens (including phenoxy) is 1. The Morgan fingerprint density at radius 1 is 1.16 bits per heavy atom. The molecule has 0 saturated carbocycles. The van der Waals surface area contributed by atoms with E-state index in [1.807, 2.05) is 30.3 Å². The number of aliphatic hydroxyl groups excluding tert-OH is 1. The lowest BCUT2D eigenvalue weighted by Gasteiger charge is -2.15. The molecule has 0 aliphatic rings. The fourth-order valence-corrected chi connectivity index (χ4v) is 2.44. The van der Waals surface area contributed by atoms with E-state index in [-0.39, 0.29) is 12.3 Å². The van der Waals surface area contributed by atoms with Crippen molar-refractivity contribution in [2.24, 2.45) is 0 Å². The number of rotatable bonds is 7. The summed E-state index contributed by atoms with van der Waals surface area (Å²) in [5, 5.41) is 20.9. The molecule has 0 spiro atoms. The Morgan fingerprint density at radius 2 is 1.88 bits per heavy atom. The van der Waals surface area contributed by atoms with Crippen molar-refractivity contribution in [1.82, 2.24) is 9.55 Å². The van der Waals surface area contributed by atoms with Crippen molar-refractivity contribution in [3.05, 3.63) is 77.1 Å². The highest BCUT2D eigenvalue weighted by molar-refractivity contribution is 5.57. The van der Waals surface area contributed by atoms with Crippen LogP contribution >= 0.6 is 0 Å². The van der Waals surface area contributed by atoms with Gasteiger partial charge in [-0.1, -0.05) is 18.2 Å². The molecule has 0 saturated heterocycles. The molecule has 0 bridgehead atoms. The molecule has 2 aromatic carbocycles. The molecule has 0 aliphatic heterocycles. The van der Waals surface area contributed by atoms with E-state index < -0.39 is 11.0 Å². The van der Waals surface area contributed by atoms with Crippen LogP contribution < -0.4 is 4.74 Å². The molecule has 3 aromatic rings. The highest BCUT2D eigenvalue weighted by atomic mass is 16.6. The van der Waals surface area contributed by atoms with Gasteiger partial charge < -0.3 is 14.4 Å². The molecule has 128 valence electrons. The van der Waals surface area contributed by atoms with Crippen molar-refractivity contribution in [3.63, 3.8) is 0 Å². The molecule has 25 heavy (non-hydrogen) atoms. The highest BCUT2D eigenvalue weighted by Crippen LogP contribution is 2.21. The minimum atomic E-state index is -0.716. The average molecular weight is 339 g/mol. The van der Waals surface area contributed by atoms with E-state index in [0.717, 1.165) is 5.56 Å². The first-order valence-electron chi connectivity index (χ1n) is 7.75. The fraction of sp³-hybridized carbons (Fsp3) is 0.167. The fourth-order valence-electron chi connectivity index (χ4n) is 2.44. The smallest absolute Gasteiger partial charge is 0.269 e. The van der Waals surface area contributed by atoms with E-state index in [4.69, 9.17) is 4.74 Å². The molecule has 1 atom stereocenters. The van der Waals surface area contributed by atoms with Crippen LogP contribution in [0.3, 0.4) is 0 Å². The maximum atomic E-state index is 10.7. The van der Waals surface area contributed by atoms with Crippen molar-refractivity contribution in [2.45, 2.75) is 12.6 Å². The zero-order valence-corrected chi connectivity index (χ0v) is 13.4. The molecule has 7 nitrogen and oxygen atoms in total. The van der Waals surface area contributed by atoms with Gasteiger partial charge in [-0.15, -0.1) is 0 Å². The maximum Gasteiger partial charge on any atom is 0.269 e. The third kappa shape index (κ3) is 4.21. The number of hydrogen-bond donors (Lipinski definition) is 1. The molecule has 3 rings (SSSR count). The van der Waals surface area contributed by atoms with Gasteiger partial charge in [0.15, 0.2) is 0 Å². The second-order valence-corrected chi connectivity index (χ2v) is 5.49. The summed E-state index contributed by atoms with van der Waals surface area (Å²) in [6, 6.07) is 15.4. The van der Waals surface area contributed by atoms with Gasteiger partial charge in [0.2, 0.25) is 0 Å². The van der Waals surface area contributed by atoms with E-state index >= 15 is 0 Å². The van der Waals surface area contributed by atoms with Gasteiger partial charge in [0.05, 0.1) is 11.5 Å². The molecule has 1 aromatic heterocycles.